The van der Waals surface area contributed by atoms with Gasteiger partial charge in [0.05, 0.1) is 11.1 Å². The van der Waals surface area contributed by atoms with Crippen molar-refractivity contribution in [2.75, 3.05) is 19.7 Å². The minimum Gasteiger partial charge on any atom is -0.478 e. The third-order valence-electron chi connectivity index (χ3n) is 3.33. The van der Waals surface area contributed by atoms with E-state index in [0.717, 1.165) is 6.42 Å². The van der Waals surface area contributed by atoms with Crippen LogP contribution in [-0.2, 0) is 9.53 Å². The lowest BCUT2D eigenvalue weighted by Crippen LogP contribution is -2.39. The van der Waals surface area contributed by atoms with E-state index in [4.69, 9.17) is 9.84 Å². The molecule has 118 valence electrons. The molecule has 1 atom stereocenters. The highest BCUT2D eigenvalue weighted by Crippen LogP contribution is 2.11. The molecule has 2 rings (SSSR count). The predicted octanol–water partition coefficient (Wildman–Crippen LogP) is 0.410. The third-order valence-corrected chi connectivity index (χ3v) is 3.33. The minimum atomic E-state index is -1.16. The molecule has 0 aromatic heterocycles. The van der Waals surface area contributed by atoms with E-state index in [0.29, 0.717) is 13.0 Å². The molecular weight excluding hydrogens is 288 g/mol. The second kappa shape index (κ2) is 7.56. The van der Waals surface area contributed by atoms with Crippen LogP contribution in [0.2, 0.25) is 0 Å². The molecule has 0 saturated carbocycles. The fraction of sp³-hybridized carbons (Fsp3) is 0.400. The number of amides is 2. The molecule has 1 aromatic carbocycles. The SMILES string of the molecule is O=C(O)c1ccccc1C(=O)NCCNC(=O)C1CCCO1. The zero-order valence-electron chi connectivity index (χ0n) is 12.0. The van der Waals surface area contributed by atoms with Crippen LogP contribution in [0.1, 0.15) is 33.6 Å². The van der Waals surface area contributed by atoms with E-state index >= 15 is 0 Å². The Hall–Kier alpha value is -2.41. The van der Waals surface area contributed by atoms with Crippen molar-refractivity contribution in [2.24, 2.45) is 0 Å². The maximum atomic E-state index is 12.0. The van der Waals surface area contributed by atoms with Gasteiger partial charge in [-0.3, -0.25) is 9.59 Å². The summed E-state index contributed by atoms with van der Waals surface area (Å²) in [6, 6.07) is 5.98. The number of hydrogen-bond acceptors (Lipinski definition) is 4. The Morgan fingerprint density at radius 1 is 1.14 bits per heavy atom. The fourth-order valence-corrected chi connectivity index (χ4v) is 2.22. The van der Waals surface area contributed by atoms with Gasteiger partial charge in [-0.25, -0.2) is 4.79 Å². The largest absolute Gasteiger partial charge is 0.478 e. The first kappa shape index (κ1) is 16.0. The molecule has 0 aliphatic carbocycles. The van der Waals surface area contributed by atoms with Gasteiger partial charge >= 0.3 is 5.97 Å². The van der Waals surface area contributed by atoms with E-state index in [2.05, 4.69) is 10.6 Å². The average Bonchev–Trinajstić information content (AvgIpc) is 3.05. The normalized spacial score (nSPS) is 17.0. The molecule has 1 saturated heterocycles. The lowest BCUT2D eigenvalue weighted by molar-refractivity contribution is -0.129. The molecule has 7 nitrogen and oxygen atoms in total. The summed E-state index contributed by atoms with van der Waals surface area (Å²) in [7, 11) is 0. The summed E-state index contributed by atoms with van der Waals surface area (Å²) in [5.41, 5.74) is 0.0452. The number of rotatable bonds is 6. The Morgan fingerprint density at radius 3 is 2.45 bits per heavy atom. The van der Waals surface area contributed by atoms with Crippen LogP contribution >= 0.6 is 0 Å². The number of carboxylic acid groups (broad SMARTS) is 1. The lowest BCUT2D eigenvalue weighted by atomic mass is 10.1. The van der Waals surface area contributed by atoms with Crippen LogP contribution in [0.3, 0.4) is 0 Å². The second-order valence-electron chi connectivity index (χ2n) is 4.90. The molecule has 1 aliphatic heterocycles. The Balaban J connectivity index is 1.78. The minimum absolute atomic E-state index is 0.0524. The molecule has 0 radical (unpaired) electrons. The molecule has 0 spiro atoms. The van der Waals surface area contributed by atoms with Crippen molar-refractivity contribution in [1.82, 2.24) is 10.6 Å². The number of benzene rings is 1. The van der Waals surface area contributed by atoms with Crippen LogP contribution in [0.15, 0.2) is 24.3 Å². The molecule has 0 bridgehead atoms. The van der Waals surface area contributed by atoms with Crippen molar-refractivity contribution >= 4 is 17.8 Å². The number of aromatic carboxylic acids is 1. The van der Waals surface area contributed by atoms with Gasteiger partial charge in [-0.05, 0) is 25.0 Å². The third kappa shape index (κ3) is 4.05. The molecular formula is C15H18N2O5. The topological polar surface area (TPSA) is 105 Å². The molecule has 3 N–H and O–H groups in total. The van der Waals surface area contributed by atoms with Gasteiger partial charge in [0, 0.05) is 19.7 Å². The van der Waals surface area contributed by atoms with Gasteiger partial charge in [0.2, 0.25) is 5.91 Å². The number of carboxylic acids is 1. The molecule has 7 heteroatoms. The first-order valence-electron chi connectivity index (χ1n) is 7.09. The molecule has 1 aromatic rings. The predicted molar refractivity (Wildman–Crippen MR) is 77.7 cm³/mol. The molecule has 22 heavy (non-hydrogen) atoms. The standard InChI is InChI=1S/C15H18N2O5/c18-13(10-4-1-2-5-11(10)15(20)21)16-7-8-17-14(19)12-6-3-9-22-12/h1-2,4-5,12H,3,6-9H2,(H,16,18)(H,17,19)(H,20,21). The first-order chi connectivity index (χ1) is 10.6. The zero-order valence-corrected chi connectivity index (χ0v) is 12.0. The van der Waals surface area contributed by atoms with Crippen LogP contribution in [0, 0.1) is 0 Å². The monoisotopic (exact) mass is 306 g/mol. The summed E-state index contributed by atoms with van der Waals surface area (Å²) < 4.78 is 5.24. The van der Waals surface area contributed by atoms with E-state index in [1.54, 1.807) is 12.1 Å². The maximum absolute atomic E-state index is 12.0. The number of carbonyl (C=O) groups is 3. The highest BCUT2D eigenvalue weighted by atomic mass is 16.5. The maximum Gasteiger partial charge on any atom is 0.336 e. The number of hydrogen-bond donors (Lipinski definition) is 3. The number of ether oxygens (including phenoxy) is 1. The van der Waals surface area contributed by atoms with E-state index in [-0.39, 0.29) is 30.1 Å². The van der Waals surface area contributed by atoms with E-state index in [1.165, 1.54) is 12.1 Å². The van der Waals surface area contributed by atoms with Crippen LogP contribution in [-0.4, -0.2) is 48.7 Å². The van der Waals surface area contributed by atoms with Gasteiger partial charge in [-0.1, -0.05) is 12.1 Å². The summed E-state index contributed by atoms with van der Waals surface area (Å²) in [4.78, 5) is 34.7. The van der Waals surface area contributed by atoms with Crippen molar-refractivity contribution in [2.45, 2.75) is 18.9 Å². The van der Waals surface area contributed by atoms with Gasteiger partial charge in [0.15, 0.2) is 0 Å². The smallest absolute Gasteiger partial charge is 0.336 e. The van der Waals surface area contributed by atoms with Gasteiger partial charge in [-0.15, -0.1) is 0 Å². The zero-order chi connectivity index (χ0) is 15.9. The quantitative estimate of drug-likeness (QED) is 0.660. The average molecular weight is 306 g/mol. The Bertz CT molecular complexity index is 567. The first-order valence-corrected chi connectivity index (χ1v) is 7.09. The number of carbonyl (C=O) groups excluding carboxylic acids is 2. The number of nitrogens with one attached hydrogen (secondary N) is 2. The molecule has 1 aliphatic rings. The summed E-state index contributed by atoms with van der Waals surface area (Å²) in [5, 5.41) is 14.3. The molecule has 1 fully saturated rings. The molecule has 1 unspecified atom stereocenters. The Labute approximate surface area is 127 Å². The van der Waals surface area contributed by atoms with Gasteiger partial charge < -0.3 is 20.5 Å². The van der Waals surface area contributed by atoms with Crippen LogP contribution in [0.25, 0.3) is 0 Å². The van der Waals surface area contributed by atoms with Crippen LogP contribution in [0.5, 0.6) is 0 Å². The highest BCUT2D eigenvalue weighted by molar-refractivity contribution is 6.04. The van der Waals surface area contributed by atoms with E-state index < -0.39 is 18.0 Å². The van der Waals surface area contributed by atoms with Crippen molar-refractivity contribution in [3.63, 3.8) is 0 Å². The van der Waals surface area contributed by atoms with E-state index in [9.17, 15) is 14.4 Å². The van der Waals surface area contributed by atoms with Crippen LogP contribution in [0.4, 0.5) is 0 Å². The Kier molecular flexibility index (Phi) is 5.48. The summed E-state index contributed by atoms with van der Waals surface area (Å²) in [6.45, 7) is 1.08. The van der Waals surface area contributed by atoms with Crippen molar-refractivity contribution in [3.8, 4) is 0 Å². The van der Waals surface area contributed by atoms with Crippen molar-refractivity contribution in [1.29, 1.82) is 0 Å². The van der Waals surface area contributed by atoms with Gasteiger partial charge in [0.1, 0.15) is 6.10 Å². The van der Waals surface area contributed by atoms with Crippen molar-refractivity contribution in [3.05, 3.63) is 35.4 Å². The summed E-state index contributed by atoms with van der Waals surface area (Å²) in [5.74, 6) is -1.82. The lowest BCUT2D eigenvalue weighted by Gasteiger charge is -2.11. The van der Waals surface area contributed by atoms with Gasteiger partial charge in [-0.2, -0.15) is 0 Å². The van der Waals surface area contributed by atoms with Crippen LogP contribution < -0.4 is 10.6 Å². The van der Waals surface area contributed by atoms with Gasteiger partial charge in [0.25, 0.3) is 5.91 Å². The summed E-state index contributed by atoms with van der Waals surface area (Å²) >= 11 is 0. The molecule has 1 heterocycles. The highest BCUT2D eigenvalue weighted by Gasteiger charge is 2.23. The molecule has 2 amide bonds. The van der Waals surface area contributed by atoms with E-state index in [1.807, 2.05) is 0 Å². The van der Waals surface area contributed by atoms with Crippen molar-refractivity contribution < 1.29 is 24.2 Å². The fourth-order valence-electron chi connectivity index (χ4n) is 2.22. The Morgan fingerprint density at radius 2 is 1.82 bits per heavy atom. The second-order valence-corrected chi connectivity index (χ2v) is 4.90. The summed E-state index contributed by atoms with van der Waals surface area (Å²) in [6.07, 6.45) is 1.19.